The molecule has 7 fully saturated rings. The maximum absolute atomic E-state index is 12.9. The van der Waals surface area contributed by atoms with Crippen LogP contribution in [0.4, 0.5) is 0 Å². The molecule has 3 amide bonds. The van der Waals surface area contributed by atoms with Crippen molar-refractivity contribution in [3.05, 3.63) is 0 Å². The molecule has 7 aliphatic heterocycles. The van der Waals surface area contributed by atoms with Gasteiger partial charge in [-0.3, -0.25) is 14.4 Å². The van der Waals surface area contributed by atoms with Crippen molar-refractivity contribution in [1.82, 2.24) is 16.0 Å². The van der Waals surface area contributed by atoms with Gasteiger partial charge in [-0.05, 0) is 0 Å². The molecule has 0 aromatic rings. The van der Waals surface area contributed by atoms with E-state index in [1.54, 1.807) is 0 Å². The van der Waals surface area contributed by atoms with Crippen molar-refractivity contribution in [1.29, 1.82) is 0 Å². The quantitative estimate of drug-likeness (QED) is 0.0479. The molecule has 7 heterocycles. The molecule has 0 radical (unpaired) electrons. The highest BCUT2D eigenvalue weighted by atomic mass is 16.8. The number of hydrogen-bond donors (Lipinski definition) is 22. The maximum Gasteiger partial charge on any atom is 0.217 e. The molecule has 0 aliphatic carbocycles. The summed E-state index contributed by atoms with van der Waals surface area (Å²) in [6.07, 6.45) is -61.3. The highest BCUT2D eigenvalue weighted by Crippen LogP contribution is 2.39. The van der Waals surface area contributed by atoms with Gasteiger partial charge in [-0.15, -0.1) is 0 Å². The van der Waals surface area contributed by atoms with Gasteiger partial charge in [-0.1, -0.05) is 0 Å². The van der Waals surface area contributed by atoms with Crippen LogP contribution in [0.1, 0.15) is 20.8 Å². The first-order valence-corrected chi connectivity index (χ1v) is 27.0. The van der Waals surface area contributed by atoms with E-state index in [9.17, 15) is 111 Å². The Morgan fingerprint density at radius 3 is 1.15 bits per heavy atom. The monoisotopic (exact) mass is 1250 g/mol. The third-order valence-electron chi connectivity index (χ3n) is 15.4. The smallest absolute Gasteiger partial charge is 0.217 e. The Hall–Kier alpha value is -2.87. The Morgan fingerprint density at radius 1 is 0.306 bits per heavy atom. The summed E-state index contributed by atoms with van der Waals surface area (Å²) in [5.41, 5.74) is 0. The molecule has 7 saturated heterocycles. The van der Waals surface area contributed by atoms with Gasteiger partial charge < -0.3 is 175 Å². The Kier molecular flexibility index (Phi) is 24.8. The summed E-state index contributed by atoms with van der Waals surface area (Å²) in [4.78, 5) is 37.2. The van der Waals surface area contributed by atoms with Crippen molar-refractivity contribution in [2.75, 3.05) is 46.2 Å². The largest absolute Gasteiger partial charge is 0.394 e. The van der Waals surface area contributed by atoms with Crippen LogP contribution < -0.4 is 16.0 Å². The van der Waals surface area contributed by atoms with Gasteiger partial charge in [-0.2, -0.15) is 0 Å². The minimum absolute atomic E-state index is 0.750. The van der Waals surface area contributed by atoms with E-state index in [1.807, 2.05) is 0 Å². The highest BCUT2D eigenvalue weighted by molar-refractivity contribution is 5.74. The number of ether oxygens (including phenoxy) is 13. The molecular formula is C47H79N3O35. The van der Waals surface area contributed by atoms with Gasteiger partial charge >= 0.3 is 0 Å². The minimum Gasteiger partial charge on any atom is -0.394 e. The molecule has 34 atom stereocenters. The number of carbonyl (C=O) groups excluding carboxylic acids is 3. The van der Waals surface area contributed by atoms with Crippen molar-refractivity contribution in [2.45, 2.75) is 229 Å². The topological polar surface area (TPSA) is 592 Å². The summed E-state index contributed by atoms with van der Waals surface area (Å²) >= 11 is 0. The van der Waals surface area contributed by atoms with Crippen LogP contribution in [0.5, 0.6) is 0 Å². The minimum atomic E-state index is -2.32. The van der Waals surface area contributed by atoms with E-state index in [1.165, 1.54) is 0 Å². The zero-order valence-corrected chi connectivity index (χ0v) is 45.6. The van der Waals surface area contributed by atoms with Crippen molar-refractivity contribution in [3.8, 4) is 0 Å². The van der Waals surface area contributed by atoms with Gasteiger partial charge in [0.05, 0.1) is 46.2 Å². The van der Waals surface area contributed by atoms with Crippen LogP contribution >= 0.6 is 0 Å². The Bertz CT molecular complexity index is 2130. The number of hydrogen-bond acceptors (Lipinski definition) is 35. The lowest BCUT2D eigenvalue weighted by atomic mass is 9.93. The molecule has 0 unspecified atom stereocenters. The fourth-order valence-electron chi connectivity index (χ4n) is 10.9. The molecule has 0 spiro atoms. The van der Waals surface area contributed by atoms with Gasteiger partial charge in [0.2, 0.25) is 17.7 Å². The lowest BCUT2D eigenvalue weighted by Gasteiger charge is -2.51. The molecule has 0 bridgehead atoms. The third kappa shape index (κ3) is 15.3. The second-order valence-corrected chi connectivity index (χ2v) is 21.3. The summed E-state index contributed by atoms with van der Waals surface area (Å²) in [6.45, 7) is -4.00. The molecule has 7 rings (SSSR count). The Balaban J connectivity index is 1.27. The number of amides is 3. The van der Waals surface area contributed by atoms with Crippen LogP contribution in [-0.2, 0) is 76.0 Å². The van der Waals surface area contributed by atoms with E-state index in [0.717, 1.165) is 20.8 Å². The molecule has 492 valence electrons. The summed E-state index contributed by atoms with van der Waals surface area (Å²) in [5, 5.41) is 214. The van der Waals surface area contributed by atoms with Gasteiger partial charge in [0.25, 0.3) is 0 Å². The number of aliphatic hydroxyl groups is 19. The molecule has 0 aromatic heterocycles. The first kappa shape index (κ1) is 69.6. The molecule has 38 nitrogen and oxygen atoms in total. The van der Waals surface area contributed by atoms with Crippen LogP contribution in [0, 0.1) is 0 Å². The highest BCUT2D eigenvalue weighted by Gasteiger charge is 2.59. The zero-order chi connectivity index (χ0) is 62.6. The van der Waals surface area contributed by atoms with E-state index in [2.05, 4.69) is 16.0 Å². The fourth-order valence-corrected chi connectivity index (χ4v) is 10.9. The molecule has 85 heavy (non-hydrogen) atoms. The number of carbonyl (C=O) groups is 3. The van der Waals surface area contributed by atoms with Crippen molar-refractivity contribution >= 4 is 17.7 Å². The SMILES string of the molecule is CC(=O)N[C@@H]1[C@@H](O)[C@H](O[C@@H]2O[C@H](CO)[C@@H](O[C@@H]3O[C@H](CO[C@H]4O[C@H](CO)[C@@H](O)[C@H](O)[C@@H]4O[C@@H]4O[C@H](CO)[C@@H](O)[C@H](O)[C@H]4NC(C)=O)[C@@H](O)[C@H](O[C@H]4O[C@H](CO)[C@@H](O)[C@H](O)[C@@H]4O)[C@@H]3O[C@@H]3O[C@H](CO)[C@H](O)[C@H]3O)[C@H](O)[C@H]2NC(C)=O)[C@@H](CO)O[C@H]1O. The maximum atomic E-state index is 12.9. The van der Waals surface area contributed by atoms with Gasteiger partial charge in [0.15, 0.2) is 44.0 Å². The van der Waals surface area contributed by atoms with Crippen LogP contribution in [0.25, 0.3) is 0 Å². The second-order valence-electron chi connectivity index (χ2n) is 21.3. The first-order chi connectivity index (χ1) is 40.2. The van der Waals surface area contributed by atoms with E-state index in [0.29, 0.717) is 0 Å². The molecule has 7 aliphatic rings. The van der Waals surface area contributed by atoms with E-state index in [4.69, 9.17) is 61.6 Å². The van der Waals surface area contributed by atoms with E-state index >= 15 is 0 Å². The Labute approximate surface area is 481 Å². The number of rotatable bonds is 22. The summed E-state index contributed by atoms with van der Waals surface area (Å²) in [7, 11) is 0. The first-order valence-electron chi connectivity index (χ1n) is 27.0. The predicted molar refractivity (Wildman–Crippen MR) is 261 cm³/mol. The van der Waals surface area contributed by atoms with Crippen LogP contribution in [0.15, 0.2) is 0 Å². The third-order valence-corrected chi connectivity index (χ3v) is 15.4. The standard InChI is InChI=1S/C47H79N3O35/c1-11(57)48-21-30(66)36(18(8-55)74-41(21)72)81-43-23(50-13(3)59)31(67)37(19(9-56)79-43)82-47-40(85-44-34(70)27(63)17(7-54)77-44)38(83-45-35(71)32(68)25(61)15(5-52)76-45)28(64)20(80-47)10-73-46-39(33(69)26(62)16(6-53)78-46)84-42-22(49-12(2)58)29(65)24(60)14(4-51)75-42/h14-47,51-56,60-72H,4-10H2,1-3H3,(H,48,57)(H,49,58)(H,50,59)/t14-,15-,16-,17-,18-,19-,20-,21-,22-,23-,24-,25-,26-,27+,28-,29-,30-,31-,32+,33+,34-,35+,36-,37-,38+,39+,40+,41-,42+,43+,44+,45-,46+,47+/m1/s1. The average Bonchev–Trinajstić information content (AvgIpc) is 2.64. The average molecular weight is 1250 g/mol. The van der Waals surface area contributed by atoms with E-state index < -0.39 is 273 Å². The van der Waals surface area contributed by atoms with Crippen LogP contribution in [0.3, 0.4) is 0 Å². The fraction of sp³-hybridized carbons (Fsp3) is 0.936. The normalized spacial score (nSPS) is 48.8. The number of nitrogens with one attached hydrogen (secondary N) is 3. The summed E-state index contributed by atoms with van der Waals surface area (Å²) in [6, 6.07) is -5.12. The van der Waals surface area contributed by atoms with Crippen LogP contribution in [-0.4, -0.2) is 370 Å². The molecular weight excluding hydrogens is 1170 g/mol. The summed E-state index contributed by atoms with van der Waals surface area (Å²) in [5.74, 6) is -2.44. The van der Waals surface area contributed by atoms with Gasteiger partial charge in [0, 0.05) is 20.8 Å². The zero-order valence-electron chi connectivity index (χ0n) is 45.6. The lowest BCUT2D eigenvalue weighted by molar-refractivity contribution is -0.399. The molecule has 22 N–H and O–H groups in total. The van der Waals surface area contributed by atoms with E-state index in [-0.39, 0.29) is 0 Å². The molecule has 38 heteroatoms. The van der Waals surface area contributed by atoms with Crippen molar-refractivity contribution < 1.29 is 173 Å². The van der Waals surface area contributed by atoms with Gasteiger partial charge in [-0.25, -0.2) is 0 Å². The van der Waals surface area contributed by atoms with Crippen molar-refractivity contribution in [2.24, 2.45) is 0 Å². The molecule has 0 aromatic carbocycles. The predicted octanol–water partition coefficient (Wildman–Crippen LogP) is -15.2. The van der Waals surface area contributed by atoms with Crippen LogP contribution in [0.2, 0.25) is 0 Å². The van der Waals surface area contributed by atoms with Crippen molar-refractivity contribution in [3.63, 3.8) is 0 Å². The second kappa shape index (κ2) is 30.3. The Morgan fingerprint density at radius 2 is 0.647 bits per heavy atom. The summed E-state index contributed by atoms with van der Waals surface area (Å²) < 4.78 is 76.8. The number of aliphatic hydroxyl groups excluding tert-OH is 19. The lowest BCUT2D eigenvalue weighted by Crippen LogP contribution is -2.70. The van der Waals surface area contributed by atoms with Gasteiger partial charge in [0.1, 0.15) is 165 Å². The molecule has 0 saturated carbocycles.